The van der Waals surface area contributed by atoms with Crippen LogP contribution in [0.4, 0.5) is 10.5 Å². The first-order valence-electron chi connectivity index (χ1n) is 8.08. The molecule has 2 atom stereocenters. The van der Waals surface area contributed by atoms with Gasteiger partial charge in [0.2, 0.25) is 5.91 Å². The summed E-state index contributed by atoms with van der Waals surface area (Å²) in [7, 11) is 0. The van der Waals surface area contributed by atoms with Crippen molar-refractivity contribution < 1.29 is 14.5 Å². The minimum Gasteiger partial charge on any atom is -0.335 e. The summed E-state index contributed by atoms with van der Waals surface area (Å²) in [4.78, 5) is 34.4. The SMILES string of the molecule is Cc1nn(CC(=O)NC(=O)NC2CCCCC2C)c(C)c1[N+](=O)[O-]. The van der Waals surface area contributed by atoms with Crippen LogP contribution in [0, 0.1) is 29.9 Å². The molecule has 2 N–H and O–H groups in total. The van der Waals surface area contributed by atoms with Crippen molar-refractivity contribution in [3.63, 3.8) is 0 Å². The molecule has 0 aromatic carbocycles. The highest BCUT2D eigenvalue weighted by Gasteiger charge is 2.25. The maximum absolute atomic E-state index is 12.0. The highest BCUT2D eigenvalue weighted by Crippen LogP contribution is 2.23. The van der Waals surface area contributed by atoms with Crippen LogP contribution in [-0.4, -0.2) is 32.7 Å². The topological polar surface area (TPSA) is 119 Å². The Morgan fingerprint density at radius 3 is 2.58 bits per heavy atom. The zero-order chi connectivity index (χ0) is 17.9. The van der Waals surface area contributed by atoms with Gasteiger partial charge in [-0.1, -0.05) is 19.8 Å². The van der Waals surface area contributed by atoms with E-state index in [0.717, 1.165) is 25.7 Å². The van der Waals surface area contributed by atoms with E-state index >= 15 is 0 Å². The van der Waals surface area contributed by atoms with Crippen LogP contribution in [0.1, 0.15) is 44.0 Å². The molecule has 9 heteroatoms. The van der Waals surface area contributed by atoms with E-state index in [9.17, 15) is 19.7 Å². The van der Waals surface area contributed by atoms with Gasteiger partial charge in [0.25, 0.3) is 0 Å². The molecule has 1 aliphatic rings. The minimum atomic E-state index is -0.559. The third-order valence-electron chi connectivity index (χ3n) is 4.50. The molecule has 0 aliphatic heterocycles. The standard InChI is InChI=1S/C15H23N5O4/c1-9-6-4-5-7-12(9)16-15(22)17-13(21)8-19-11(3)14(20(23)24)10(2)18-19/h9,12H,4-8H2,1-3H3,(H2,16,17,21,22). The summed E-state index contributed by atoms with van der Waals surface area (Å²) < 4.78 is 1.24. The second kappa shape index (κ2) is 7.41. The molecule has 0 bridgehead atoms. The van der Waals surface area contributed by atoms with Crippen LogP contribution < -0.4 is 10.6 Å². The van der Waals surface area contributed by atoms with E-state index in [-0.39, 0.29) is 29.7 Å². The lowest BCUT2D eigenvalue weighted by Crippen LogP contribution is -2.48. The molecule has 1 saturated carbocycles. The van der Waals surface area contributed by atoms with Gasteiger partial charge in [-0.2, -0.15) is 5.10 Å². The second-order valence-corrected chi connectivity index (χ2v) is 6.32. The molecular weight excluding hydrogens is 314 g/mol. The molecule has 132 valence electrons. The summed E-state index contributed by atoms with van der Waals surface area (Å²) in [5.74, 6) is -0.172. The number of carbonyl (C=O) groups is 2. The van der Waals surface area contributed by atoms with Crippen LogP contribution in [0.3, 0.4) is 0 Å². The largest absolute Gasteiger partial charge is 0.335 e. The van der Waals surface area contributed by atoms with Crippen molar-refractivity contribution in [1.82, 2.24) is 20.4 Å². The Kier molecular flexibility index (Phi) is 5.53. The van der Waals surface area contributed by atoms with Crippen LogP contribution in [0.5, 0.6) is 0 Å². The lowest BCUT2D eigenvalue weighted by Gasteiger charge is -2.29. The Morgan fingerprint density at radius 1 is 1.33 bits per heavy atom. The maximum Gasteiger partial charge on any atom is 0.321 e. The van der Waals surface area contributed by atoms with E-state index in [1.165, 1.54) is 18.5 Å². The first-order valence-corrected chi connectivity index (χ1v) is 8.08. The average molecular weight is 337 g/mol. The number of hydrogen-bond acceptors (Lipinski definition) is 5. The van der Waals surface area contributed by atoms with Crippen LogP contribution >= 0.6 is 0 Å². The molecule has 1 fully saturated rings. The number of urea groups is 1. The summed E-state index contributed by atoms with van der Waals surface area (Å²) >= 11 is 0. The summed E-state index contributed by atoms with van der Waals surface area (Å²) in [6.45, 7) is 4.88. The molecule has 0 saturated heterocycles. The predicted molar refractivity (Wildman–Crippen MR) is 86.4 cm³/mol. The quantitative estimate of drug-likeness (QED) is 0.641. The van der Waals surface area contributed by atoms with Gasteiger partial charge in [0.05, 0.1) is 4.92 Å². The molecule has 24 heavy (non-hydrogen) atoms. The molecule has 1 aromatic rings. The molecule has 1 heterocycles. The predicted octanol–water partition coefficient (Wildman–Crippen LogP) is 1.81. The number of imide groups is 1. The zero-order valence-electron chi connectivity index (χ0n) is 14.2. The Balaban J connectivity index is 1.92. The Bertz CT molecular complexity index is 655. The number of carbonyl (C=O) groups excluding carboxylic acids is 2. The smallest absolute Gasteiger partial charge is 0.321 e. The number of aryl methyl sites for hydroxylation is 1. The Labute approximate surface area is 139 Å². The van der Waals surface area contributed by atoms with Crippen LogP contribution in [0.15, 0.2) is 0 Å². The number of aromatic nitrogens is 2. The van der Waals surface area contributed by atoms with Gasteiger partial charge in [0, 0.05) is 6.04 Å². The van der Waals surface area contributed by atoms with Crippen LogP contribution in [0.25, 0.3) is 0 Å². The van der Waals surface area contributed by atoms with E-state index in [0.29, 0.717) is 5.92 Å². The van der Waals surface area contributed by atoms with Gasteiger partial charge in [0.1, 0.15) is 17.9 Å². The minimum absolute atomic E-state index is 0.0707. The summed E-state index contributed by atoms with van der Waals surface area (Å²) in [5.41, 5.74) is 0.419. The van der Waals surface area contributed by atoms with Gasteiger partial charge in [-0.25, -0.2) is 4.79 Å². The van der Waals surface area contributed by atoms with Gasteiger partial charge >= 0.3 is 11.7 Å². The van der Waals surface area contributed by atoms with Crippen molar-refractivity contribution in [2.75, 3.05) is 0 Å². The first-order chi connectivity index (χ1) is 11.3. The fourth-order valence-electron chi connectivity index (χ4n) is 3.14. The first kappa shape index (κ1) is 17.9. The van der Waals surface area contributed by atoms with Gasteiger partial charge in [-0.05, 0) is 32.6 Å². The van der Waals surface area contributed by atoms with E-state index in [1.807, 2.05) is 0 Å². The van der Waals surface area contributed by atoms with Crippen LogP contribution in [0.2, 0.25) is 0 Å². The molecule has 1 aromatic heterocycles. The number of nitrogens with zero attached hydrogens (tertiary/aromatic N) is 3. The molecule has 9 nitrogen and oxygen atoms in total. The van der Waals surface area contributed by atoms with Crippen molar-refractivity contribution in [2.24, 2.45) is 5.92 Å². The lowest BCUT2D eigenvalue weighted by atomic mass is 9.86. The van der Waals surface area contributed by atoms with Gasteiger partial charge in [-0.15, -0.1) is 0 Å². The van der Waals surface area contributed by atoms with Crippen molar-refractivity contribution in [2.45, 2.75) is 59.0 Å². The molecule has 1 aliphatic carbocycles. The summed E-state index contributed by atoms with van der Waals surface area (Å²) in [5, 5.41) is 20.0. The molecule has 2 unspecified atom stereocenters. The summed E-state index contributed by atoms with van der Waals surface area (Å²) in [6.07, 6.45) is 4.20. The zero-order valence-corrected chi connectivity index (χ0v) is 14.2. The number of hydrogen-bond donors (Lipinski definition) is 2. The fraction of sp³-hybridized carbons (Fsp3) is 0.667. The third kappa shape index (κ3) is 4.09. The van der Waals surface area contributed by atoms with Gasteiger partial charge < -0.3 is 5.32 Å². The summed E-state index contributed by atoms with van der Waals surface area (Å²) in [6, 6.07) is -0.462. The van der Waals surface area contributed by atoms with Crippen molar-refractivity contribution in [3.05, 3.63) is 21.5 Å². The molecule has 2 rings (SSSR count). The second-order valence-electron chi connectivity index (χ2n) is 6.32. The number of nitrogens with one attached hydrogen (secondary N) is 2. The van der Waals surface area contributed by atoms with E-state index in [1.54, 1.807) is 0 Å². The number of nitro groups is 1. The normalized spacial score (nSPS) is 20.5. The Morgan fingerprint density at radius 2 is 2.00 bits per heavy atom. The Hall–Kier alpha value is -2.45. The van der Waals surface area contributed by atoms with E-state index in [2.05, 4.69) is 22.7 Å². The maximum atomic E-state index is 12.0. The highest BCUT2D eigenvalue weighted by atomic mass is 16.6. The van der Waals surface area contributed by atoms with Crippen molar-refractivity contribution in [3.8, 4) is 0 Å². The highest BCUT2D eigenvalue weighted by molar-refractivity contribution is 5.94. The molecule has 0 radical (unpaired) electrons. The van der Waals surface area contributed by atoms with E-state index < -0.39 is 16.9 Å². The van der Waals surface area contributed by atoms with Crippen molar-refractivity contribution >= 4 is 17.6 Å². The van der Waals surface area contributed by atoms with Crippen molar-refractivity contribution in [1.29, 1.82) is 0 Å². The van der Waals surface area contributed by atoms with Gasteiger partial charge in [-0.3, -0.25) is 24.9 Å². The lowest BCUT2D eigenvalue weighted by molar-refractivity contribution is -0.386. The number of rotatable bonds is 4. The third-order valence-corrected chi connectivity index (χ3v) is 4.50. The van der Waals surface area contributed by atoms with Crippen LogP contribution in [-0.2, 0) is 11.3 Å². The van der Waals surface area contributed by atoms with Gasteiger partial charge in [0.15, 0.2) is 0 Å². The molecular formula is C15H23N5O4. The fourth-order valence-corrected chi connectivity index (χ4v) is 3.14. The molecule has 3 amide bonds. The molecule has 0 spiro atoms. The monoisotopic (exact) mass is 337 g/mol. The van der Waals surface area contributed by atoms with E-state index in [4.69, 9.17) is 0 Å². The number of amides is 3. The average Bonchev–Trinajstić information content (AvgIpc) is 2.75.